The first-order valence-corrected chi connectivity index (χ1v) is 9.27. The van der Waals surface area contributed by atoms with Crippen LogP contribution in [0.3, 0.4) is 0 Å². The van der Waals surface area contributed by atoms with Crippen LogP contribution in [0.5, 0.6) is 0 Å². The topological polar surface area (TPSA) is 46.8 Å². The molecule has 0 N–H and O–H groups in total. The van der Waals surface area contributed by atoms with Gasteiger partial charge in [0.2, 0.25) is 0 Å². The molecule has 1 saturated carbocycles. The van der Waals surface area contributed by atoms with Crippen molar-refractivity contribution < 1.29 is 0 Å². The van der Waals surface area contributed by atoms with Crippen LogP contribution in [0.4, 0.5) is 0 Å². The molecule has 3 heterocycles. The third-order valence-corrected chi connectivity index (χ3v) is 6.06. The molecule has 5 nitrogen and oxygen atoms in total. The number of hydrogen-bond acceptors (Lipinski definition) is 5. The third kappa shape index (κ3) is 3.08. The summed E-state index contributed by atoms with van der Waals surface area (Å²) in [6.07, 6.45) is 11.4. The number of rotatable bonds is 5. The minimum absolute atomic E-state index is 0.568. The van der Waals surface area contributed by atoms with Gasteiger partial charge in [0, 0.05) is 23.9 Å². The number of likely N-dealkylation sites (tertiary alicyclic amines) is 1. The summed E-state index contributed by atoms with van der Waals surface area (Å²) < 4.78 is 1.95. The van der Waals surface area contributed by atoms with Gasteiger partial charge in [0.25, 0.3) is 0 Å². The molecule has 2 aromatic rings. The monoisotopic (exact) mass is 317 g/mol. The molecule has 0 spiro atoms. The Balaban J connectivity index is 1.39. The lowest BCUT2D eigenvalue weighted by molar-refractivity contribution is 0.217. The zero-order chi connectivity index (χ0) is 14.8. The highest BCUT2D eigenvalue weighted by molar-refractivity contribution is 7.09. The van der Waals surface area contributed by atoms with E-state index < -0.39 is 0 Å². The van der Waals surface area contributed by atoms with E-state index >= 15 is 0 Å². The average Bonchev–Trinajstić information content (AvgIpc) is 3.28. The number of hydrogen-bond donors (Lipinski definition) is 0. The van der Waals surface area contributed by atoms with Gasteiger partial charge in [0.15, 0.2) is 0 Å². The van der Waals surface area contributed by atoms with Gasteiger partial charge in [-0.1, -0.05) is 12.8 Å². The lowest BCUT2D eigenvalue weighted by atomic mass is 10.1. The Morgan fingerprint density at radius 1 is 1.18 bits per heavy atom. The number of nitrogens with zero attached hydrogens (tertiary/aromatic N) is 5. The molecule has 22 heavy (non-hydrogen) atoms. The lowest BCUT2D eigenvalue weighted by Gasteiger charge is -2.23. The molecule has 0 aromatic carbocycles. The molecule has 2 aliphatic rings. The molecule has 0 radical (unpaired) electrons. The van der Waals surface area contributed by atoms with Crippen molar-refractivity contribution in [2.24, 2.45) is 0 Å². The Labute approximate surface area is 135 Å². The zero-order valence-electron chi connectivity index (χ0n) is 12.9. The Morgan fingerprint density at radius 3 is 2.91 bits per heavy atom. The van der Waals surface area contributed by atoms with Crippen LogP contribution in [0.2, 0.25) is 0 Å². The van der Waals surface area contributed by atoms with Gasteiger partial charge in [-0.25, -0.2) is 9.97 Å². The first-order chi connectivity index (χ1) is 10.9. The molecule has 0 amide bonds. The van der Waals surface area contributed by atoms with Crippen molar-refractivity contribution in [3.05, 3.63) is 28.7 Å². The zero-order valence-corrected chi connectivity index (χ0v) is 13.7. The molecule has 0 unspecified atom stereocenters. The van der Waals surface area contributed by atoms with Gasteiger partial charge in [0.1, 0.15) is 12.7 Å². The molecule has 1 saturated heterocycles. The predicted molar refractivity (Wildman–Crippen MR) is 86.8 cm³/mol. The summed E-state index contributed by atoms with van der Waals surface area (Å²) in [5.41, 5.74) is 1.26. The maximum Gasteiger partial charge on any atom is 0.137 e. The molecule has 1 atom stereocenters. The van der Waals surface area contributed by atoms with Crippen LogP contribution in [0.25, 0.3) is 0 Å². The van der Waals surface area contributed by atoms with Crippen molar-refractivity contribution >= 4 is 11.3 Å². The van der Waals surface area contributed by atoms with Crippen molar-refractivity contribution in [2.75, 3.05) is 6.54 Å². The highest BCUT2D eigenvalue weighted by Gasteiger charge is 2.26. The number of aromatic nitrogens is 4. The van der Waals surface area contributed by atoms with Crippen LogP contribution in [-0.4, -0.2) is 37.2 Å². The van der Waals surface area contributed by atoms with Crippen LogP contribution < -0.4 is 0 Å². The van der Waals surface area contributed by atoms with E-state index in [-0.39, 0.29) is 0 Å². The first kappa shape index (κ1) is 14.3. The first-order valence-electron chi connectivity index (χ1n) is 8.39. The number of thiazole rings is 1. The van der Waals surface area contributed by atoms with Gasteiger partial charge < -0.3 is 0 Å². The van der Waals surface area contributed by atoms with Crippen molar-refractivity contribution in [2.45, 2.75) is 63.6 Å². The van der Waals surface area contributed by atoms with E-state index in [0.29, 0.717) is 6.04 Å². The summed E-state index contributed by atoms with van der Waals surface area (Å²) in [6.45, 7) is 3.11. The second-order valence-electron chi connectivity index (χ2n) is 6.54. The minimum atomic E-state index is 0.568. The fourth-order valence-electron chi connectivity index (χ4n) is 3.82. The molecule has 2 aromatic heterocycles. The fraction of sp³-hybridized carbons (Fsp3) is 0.688. The van der Waals surface area contributed by atoms with E-state index in [2.05, 4.69) is 20.4 Å². The molecule has 6 heteroatoms. The van der Waals surface area contributed by atoms with Gasteiger partial charge in [-0.3, -0.25) is 9.58 Å². The van der Waals surface area contributed by atoms with Gasteiger partial charge >= 0.3 is 0 Å². The Kier molecular flexibility index (Phi) is 4.21. The highest BCUT2D eigenvalue weighted by Crippen LogP contribution is 2.36. The maximum absolute atomic E-state index is 4.93. The summed E-state index contributed by atoms with van der Waals surface area (Å²) in [6, 6.07) is 0.568. The normalized spacial score (nSPS) is 23.5. The molecule has 1 aliphatic carbocycles. The molecular weight excluding hydrogens is 294 g/mol. The van der Waals surface area contributed by atoms with E-state index in [1.165, 1.54) is 55.8 Å². The minimum Gasteiger partial charge on any atom is -0.293 e. The van der Waals surface area contributed by atoms with E-state index in [9.17, 15) is 0 Å². The Morgan fingerprint density at radius 2 is 2.09 bits per heavy atom. The lowest BCUT2D eigenvalue weighted by Crippen LogP contribution is -2.32. The van der Waals surface area contributed by atoms with E-state index in [1.807, 2.05) is 22.3 Å². The molecular formula is C16H23N5S. The third-order valence-electron chi connectivity index (χ3n) is 5.00. The highest BCUT2D eigenvalue weighted by atomic mass is 32.1. The summed E-state index contributed by atoms with van der Waals surface area (Å²) in [7, 11) is 0. The standard InChI is InChI=1S/C16H23N5S/c1-2-5-13(4-1)16-19-14(10-22-16)8-20-7-3-6-15(20)9-21-12-17-11-18-21/h10-13,15H,1-9H2/t15-/m0/s1. The Hall–Kier alpha value is -1.27. The van der Waals surface area contributed by atoms with Crippen molar-refractivity contribution in [3.8, 4) is 0 Å². The van der Waals surface area contributed by atoms with E-state index in [1.54, 1.807) is 6.33 Å². The SMILES string of the molecule is c1ncn(C[C@@H]2CCCN2Cc2csc(C3CCCC3)n2)n1. The van der Waals surface area contributed by atoms with E-state index in [4.69, 9.17) is 4.98 Å². The fourth-order valence-corrected chi connectivity index (χ4v) is 4.80. The molecule has 0 bridgehead atoms. The molecule has 2 fully saturated rings. The second-order valence-corrected chi connectivity index (χ2v) is 7.43. The van der Waals surface area contributed by atoms with Crippen LogP contribution >= 0.6 is 11.3 Å². The van der Waals surface area contributed by atoms with Gasteiger partial charge in [-0.2, -0.15) is 5.10 Å². The molecule has 118 valence electrons. The second kappa shape index (κ2) is 6.46. The van der Waals surface area contributed by atoms with Crippen LogP contribution in [0.1, 0.15) is 55.1 Å². The summed E-state index contributed by atoms with van der Waals surface area (Å²) in [5.74, 6) is 0.739. The molecule has 1 aliphatic heterocycles. The van der Waals surface area contributed by atoms with Crippen LogP contribution in [0, 0.1) is 0 Å². The van der Waals surface area contributed by atoms with Gasteiger partial charge in [-0.05, 0) is 32.2 Å². The van der Waals surface area contributed by atoms with Crippen molar-refractivity contribution in [3.63, 3.8) is 0 Å². The van der Waals surface area contributed by atoms with Crippen LogP contribution in [0.15, 0.2) is 18.0 Å². The molecule has 4 rings (SSSR count). The average molecular weight is 317 g/mol. The van der Waals surface area contributed by atoms with Crippen molar-refractivity contribution in [1.29, 1.82) is 0 Å². The Bertz CT molecular complexity index is 587. The summed E-state index contributed by atoms with van der Waals surface area (Å²) in [4.78, 5) is 11.5. The predicted octanol–water partition coefficient (Wildman–Crippen LogP) is 3.06. The quantitative estimate of drug-likeness (QED) is 0.850. The smallest absolute Gasteiger partial charge is 0.137 e. The van der Waals surface area contributed by atoms with Gasteiger partial charge in [0.05, 0.1) is 17.2 Å². The largest absolute Gasteiger partial charge is 0.293 e. The van der Waals surface area contributed by atoms with E-state index in [0.717, 1.165) is 19.0 Å². The van der Waals surface area contributed by atoms with Crippen molar-refractivity contribution in [1.82, 2.24) is 24.6 Å². The summed E-state index contributed by atoms with van der Waals surface area (Å²) in [5, 5.41) is 7.89. The summed E-state index contributed by atoms with van der Waals surface area (Å²) >= 11 is 1.87. The van der Waals surface area contributed by atoms with Gasteiger partial charge in [-0.15, -0.1) is 11.3 Å². The van der Waals surface area contributed by atoms with Crippen LogP contribution in [-0.2, 0) is 13.1 Å². The maximum atomic E-state index is 4.93.